The van der Waals surface area contributed by atoms with Gasteiger partial charge in [-0.05, 0) is 52.7 Å². The molecule has 2 fully saturated rings. The summed E-state index contributed by atoms with van der Waals surface area (Å²) in [5.41, 5.74) is 0.170. The lowest BCUT2D eigenvalue weighted by molar-refractivity contribution is 0.0982. The van der Waals surface area contributed by atoms with Gasteiger partial charge >= 0.3 is 0 Å². The Morgan fingerprint density at radius 2 is 1.63 bits per heavy atom. The first kappa shape index (κ1) is 24.9. The Hall–Kier alpha value is -0.120. The molecule has 0 aromatic rings. The van der Waals surface area contributed by atoms with Crippen LogP contribution in [-0.2, 0) is 0 Å². The number of piperidine rings is 1. The van der Waals surface area contributed by atoms with E-state index in [4.69, 9.17) is 0 Å². The van der Waals surface area contributed by atoms with Gasteiger partial charge in [-0.25, -0.2) is 0 Å². The minimum atomic E-state index is 0. The number of guanidine groups is 1. The zero-order valence-electron chi connectivity index (χ0n) is 18.3. The molecule has 2 aliphatic heterocycles. The van der Waals surface area contributed by atoms with E-state index in [1.807, 2.05) is 7.05 Å². The van der Waals surface area contributed by atoms with Crippen LogP contribution in [-0.4, -0.2) is 99.2 Å². The van der Waals surface area contributed by atoms with Crippen LogP contribution in [0.2, 0.25) is 0 Å². The number of rotatable bonds is 7. The molecule has 0 saturated carbocycles. The van der Waals surface area contributed by atoms with Crippen molar-refractivity contribution in [2.24, 2.45) is 10.9 Å². The van der Waals surface area contributed by atoms with Crippen LogP contribution in [0.4, 0.5) is 0 Å². The molecule has 0 radical (unpaired) electrons. The predicted octanol–water partition coefficient (Wildman–Crippen LogP) is 1.92. The van der Waals surface area contributed by atoms with E-state index >= 15 is 0 Å². The SMILES string of the molecule is CN=C(NCC(C)CN1CCN(C)CC1)NCC(C)(C)N1CCCCC1.I. The maximum absolute atomic E-state index is 4.42. The van der Waals surface area contributed by atoms with Crippen LogP contribution in [0.3, 0.4) is 0 Å². The third kappa shape index (κ3) is 8.83. The fourth-order valence-corrected chi connectivity index (χ4v) is 3.94. The van der Waals surface area contributed by atoms with Crippen molar-refractivity contribution in [3.8, 4) is 0 Å². The van der Waals surface area contributed by atoms with Gasteiger partial charge in [-0.1, -0.05) is 13.3 Å². The van der Waals surface area contributed by atoms with Crippen LogP contribution >= 0.6 is 24.0 Å². The zero-order chi connectivity index (χ0) is 19.0. The number of hydrogen-bond acceptors (Lipinski definition) is 4. The summed E-state index contributed by atoms with van der Waals surface area (Å²) in [6.45, 7) is 17.3. The van der Waals surface area contributed by atoms with Gasteiger partial charge < -0.3 is 20.4 Å². The molecule has 6 nitrogen and oxygen atoms in total. The van der Waals surface area contributed by atoms with Crippen molar-refractivity contribution in [3.05, 3.63) is 0 Å². The summed E-state index contributed by atoms with van der Waals surface area (Å²) in [6, 6.07) is 0. The third-order valence-corrected chi connectivity index (χ3v) is 5.91. The first-order chi connectivity index (χ1) is 12.4. The molecule has 0 bridgehead atoms. The van der Waals surface area contributed by atoms with Gasteiger partial charge in [0.05, 0.1) is 0 Å². The maximum Gasteiger partial charge on any atom is 0.191 e. The van der Waals surface area contributed by atoms with Crippen LogP contribution < -0.4 is 10.6 Å². The van der Waals surface area contributed by atoms with E-state index in [1.165, 1.54) is 58.5 Å². The van der Waals surface area contributed by atoms with Crippen molar-refractivity contribution < 1.29 is 0 Å². The summed E-state index contributed by atoms with van der Waals surface area (Å²) >= 11 is 0. The Morgan fingerprint density at radius 3 is 2.22 bits per heavy atom. The van der Waals surface area contributed by atoms with Crippen molar-refractivity contribution in [3.63, 3.8) is 0 Å². The number of nitrogens with zero attached hydrogens (tertiary/aromatic N) is 4. The van der Waals surface area contributed by atoms with Crippen molar-refractivity contribution in [1.29, 1.82) is 0 Å². The van der Waals surface area contributed by atoms with Crippen LogP contribution in [0.15, 0.2) is 4.99 Å². The molecule has 27 heavy (non-hydrogen) atoms. The average molecular weight is 495 g/mol. The second-order valence-corrected chi connectivity index (χ2v) is 8.88. The van der Waals surface area contributed by atoms with Gasteiger partial charge in [0.2, 0.25) is 0 Å². The molecule has 160 valence electrons. The Balaban J connectivity index is 0.00000364. The highest BCUT2D eigenvalue weighted by Gasteiger charge is 2.28. The zero-order valence-corrected chi connectivity index (χ0v) is 20.6. The lowest BCUT2D eigenvalue weighted by Crippen LogP contribution is -2.55. The van der Waals surface area contributed by atoms with Crippen LogP contribution in [0, 0.1) is 5.92 Å². The van der Waals surface area contributed by atoms with Crippen molar-refractivity contribution in [2.75, 3.05) is 73.0 Å². The summed E-state index contributed by atoms with van der Waals surface area (Å²) in [7, 11) is 4.08. The Kier molecular flexibility index (Phi) is 11.5. The topological polar surface area (TPSA) is 46.1 Å². The van der Waals surface area contributed by atoms with Gasteiger partial charge in [0, 0.05) is 58.4 Å². The van der Waals surface area contributed by atoms with Gasteiger partial charge in [-0.15, -0.1) is 24.0 Å². The highest BCUT2D eigenvalue weighted by molar-refractivity contribution is 14.0. The second-order valence-electron chi connectivity index (χ2n) is 8.88. The Labute approximate surface area is 184 Å². The van der Waals surface area contributed by atoms with E-state index in [2.05, 4.69) is 58.1 Å². The average Bonchev–Trinajstić information content (AvgIpc) is 2.64. The number of nitrogens with one attached hydrogen (secondary N) is 2. The molecule has 2 rings (SSSR count). The predicted molar refractivity (Wildman–Crippen MR) is 127 cm³/mol. The van der Waals surface area contributed by atoms with E-state index in [1.54, 1.807) is 0 Å². The highest BCUT2D eigenvalue weighted by Crippen LogP contribution is 2.19. The Morgan fingerprint density at radius 1 is 1.00 bits per heavy atom. The van der Waals surface area contributed by atoms with Gasteiger partial charge in [-0.2, -0.15) is 0 Å². The number of likely N-dealkylation sites (N-methyl/N-ethyl adjacent to an activating group) is 1. The molecule has 1 unspecified atom stereocenters. The number of aliphatic imine (C=N–C) groups is 1. The van der Waals surface area contributed by atoms with Crippen molar-refractivity contribution in [2.45, 2.75) is 45.6 Å². The van der Waals surface area contributed by atoms with Crippen molar-refractivity contribution >= 4 is 29.9 Å². The van der Waals surface area contributed by atoms with Gasteiger partial charge in [0.25, 0.3) is 0 Å². The maximum atomic E-state index is 4.42. The molecule has 2 aliphatic rings. The number of halogens is 1. The summed E-state index contributed by atoms with van der Waals surface area (Å²) in [5.74, 6) is 1.55. The molecule has 0 aromatic carbocycles. The lowest BCUT2D eigenvalue weighted by Gasteiger charge is -2.41. The molecular formula is C20H43IN6. The first-order valence-corrected chi connectivity index (χ1v) is 10.5. The molecule has 0 aliphatic carbocycles. The molecule has 2 saturated heterocycles. The summed E-state index contributed by atoms with van der Waals surface area (Å²) in [4.78, 5) is 12.0. The van der Waals surface area contributed by atoms with E-state index < -0.39 is 0 Å². The largest absolute Gasteiger partial charge is 0.356 e. The van der Waals surface area contributed by atoms with Crippen LogP contribution in [0.5, 0.6) is 0 Å². The number of piperazine rings is 1. The molecule has 0 amide bonds. The minimum absolute atomic E-state index is 0. The standard InChI is InChI=1S/C20H42N6.HI/c1-18(16-25-13-11-24(5)12-14-25)15-22-19(21-4)23-17-20(2,3)26-9-7-6-8-10-26;/h18H,6-17H2,1-5H3,(H2,21,22,23);1H. The van der Waals surface area contributed by atoms with Gasteiger partial charge in [0.15, 0.2) is 5.96 Å². The summed E-state index contributed by atoms with van der Waals surface area (Å²) in [5, 5.41) is 7.08. The summed E-state index contributed by atoms with van der Waals surface area (Å²) in [6.07, 6.45) is 4.05. The van der Waals surface area contributed by atoms with Crippen molar-refractivity contribution in [1.82, 2.24) is 25.3 Å². The van der Waals surface area contributed by atoms with E-state index in [0.717, 1.165) is 25.6 Å². The molecule has 2 N–H and O–H groups in total. The van der Waals surface area contributed by atoms with Crippen LogP contribution in [0.25, 0.3) is 0 Å². The minimum Gasteiger partial charge on any atom is -0.356 e. The van der Waals surface area contributed by atoms with E-state index in [-0.39, 0.29) is 29.5 Å². The quantitative estimate of drug-likeness (QED) is 0.322. The fourth-order valence-electron chi connectivity index (χ4n) is 3.94. The molecule has 2 heterocycles. The Bertz CT molecular complexity index is 428. The third-order valence-electron chi connectivity index (χ3n) is 5.91. The number of likely N-dealkylation sites (tertiary alicyclic amines) is 1. The molecule has 0 aromatic heterocycles. The van der Waals surface area contributed by atoms with E-state index in [9.17, 15) is 0 Å². The highest BCUT2D eigenvalue weighted by atomic mass is 127. The molecule has 0 spiro atoms. The number of hydrogen-bond donors (Lipinski definition) is 2. The van der Waals surface area contributed by atoms with Gasteiger partial charge in [0.1, 0.15) is 0 Å². The lowest BCUT2D eigenvalue weighted by atomic mass is 9.98. The smallest absolute Gasteiger partial charge is 0.191 e. The normalized spacial score (nSPS) is 22.2. The molecule has 1 atom stereocenters. The van der Waals surface area contributed by atoms with E-state index in [0.29, 0.717) is 5.92 Å². The second kappa shape index (κ2) is 12.4. The summed E-state index contributed by atoms with van der Waals surface area (Å²) < 4.78 is 0. The monoisotopic (exact) mass is 494 g/mol. The first-order valence-electron chi connectivity index (χ1n) is 10.5. The molecular weight excluding hydrogens is 451 g/mol. The molecule has 7 heteroatoms. The fraction of sp³-hybridized carbons (Fsp3) is 0.950. The van der Waals surface area contributed by atoms with Gasteiger partial charge in [-0.3, -0.25) is 9.89 Å². The van der Waals surface area contributed by atoms with Crippen LogP contribution in [0.1, 0.15) is 40.0 Å².